The first kappa shape index (κ1) is 18.8. The van der Waals surface area contributed by atoms with Gasteiger partial charge in [0.25, 0.3) is 0 Å². The van der Waals surface area contributed by atoms with Gasteiger partial charge in [-0.15, -0.1) is 0 Å². The summed E-state index contributed by atoms with van der Waals surface area (Å²) < 4.78 is 51.8. The van der Waals surface area contributed by atoms with Gasteiger partial charge < -0.3 is 14.6 Å². The monoisotopic (exact) mass is 385 g/mol. The number of aliphatic hydroxyl groups excluding tert-OH is 1. The van der Waals surface area contributed by atoms with Gasteiger partial charge in [-0.25, -0.2) is 13.4 Å². The van der Waals surface area contributed by atoms with E-state index in [2.05, 4.69) is 4.98 Å². The summed E-state index contributed by atoms with van der Waals surface area (Å²) in [5.74, 6) is -3.11. The van der Waals surface area contributed by atoms with Crippen LogP contribution in [0.25, 0.3) is 0 Å². The molecule has 2 atom stereocenters. The lowest BCUT2D eigenvalue weighted by molar-refractivity contribution is 0.0874. The first-order chi connectivity index (χ1) is 12.3. The number of sulfone groups is 1. The third-order valence-electron chi connectivity index (χ3n) is 4.77. The lowest BCUT2D eigenvalue weighted by Gasteiger charge is -2.37. The number of aromatic nitrogens is 2. The predicted molar refractivity (Wildman–Crippen MR) is 92.7 cm³/mol. The number of imidazole rings is 1. The number of piperidine rings is 1. The van der Waals surface area contributed by atoms with Crippen molar-refractivity contribution in [1.82, 2.24) is 9.55 Å². The molecule has 6 nitrogen and oxygen atoms in total. The van der Waals surface area contributed by atoms with E-state index in [1.54, 1.807) is 35.0 Å². The molecule has 26 heavy (non-hydrogen) atoms. The van der Waals surface area contributed by atoms with Crippen LogP contribution in [0.4, 0.5) is 14.5 Å². The SMILES string of the molecule is Cn1ccnc1C(O)C1CCCN(c2ccccc2S(=O)(=O)C(F)F)C1. The number of benzene rings is 1. The van der Waals surface area contributed by atoms with Crippen molar-refractivity contribution in [3.05, 3.63) is 42.5 Å². The molecule has 2 heterocycles. The summed E-state index contributed by atoms with van der Waals surface area (Å²) in [6.45, 7) is 0.906. The van der Waals surface area contributed by atoms with E-state index in [4.69, 9.17) is 0 Å². The maximum Gasteiger partial charge on any atom is 0.341 e. The van der Waals surface area contributed by atoms with Crippen LogP contribution >= 0.6 is 0 Å². The smallest absolute Gasteiger partial charge is 0.341 e. The van der Waals surface area contributed by atoms with E-state index in [1.165, 1.54) is 18.2 Å². The van der Waals surface area contributed by atoms with Crippen LogP contribution in [0.2, 0.25) is 0 Å². The standard InChI is InChI=1S/C17H21F2N3O3S/c1-21-10-8-20-16(21)15(23)12-5-4-9-22(11-12)13-6-2-3-7-14(13)26(24,25)17(18)19/h2-3,6-8,10,12,15,17,23H,4-5,9,11H2,1H3. The third-order valence-corrected chi connectivity index (χ3v) is 6.20. The topological polar surface area (TPSA) is 75.4 Å². The minimum Gasteiger partial charge on any atom is -0.385 e. The third kappa shape index (κ3) is 3.45. The molecule has 0 bridgehead atoms. The second kappa shape index (κ2) is 7.32. The molecule has 0 amide bonds. The summed E-state index contributed by atoms with van der Waals surface area (Å²) >= 11 is 0. The quantitative estimate of drug-likeness (QED) is 0.855. The molecule has 1 aromatic heterocycles. The molecule has 3 rings (SSSR count). The molecule has 2 aromatic rings. The molecule has 2 unspecified atom stereocenters. The zero-order valence-electron chi connectivity index (χ0n) is 14.3. The van der Waals surface area contributed by atoms with E-state index in [0.717, 1.165) is 12.8 Å². The number of rotatable bonds is 5. The van der Waals surface area contributed by atoms with Crippen LogP contribution in [0.3, 0.4) is 0 Å². The van der Waals surface area contributed by atoms with Gasteiger partial charge >= 0.3 is 5.76 Å². The van der Waals surface area contributed by atoms with E-state index in [-0.39, 0.29) is 16.5 Å². The van der Waals surface area contributed by atoms with E-state index in [0.29, 0.717) is 18.9 Å². The van der Waals surface area contributed by atoms with E-state index >= 15 is 0 Å². The molecule has 142 valence electrons. The maximum atomic E-state index is 13.0. The van der Waals surface area contributed by atoms with Crippen LogP contribution in [-0.4, -0.2) is 41.9 Å². The van der Waals surface area contributed by atoms with Crippen LogP contribution in [0.15, 0.2) is 41.6 Å². The number of alkyl halides is 2. The van der Waals surface area contributed by atoms with Crippen molar-refractivity contribution in [2.45, 2.75) is 29.6 Å². The van der Waals surface area contributed by atoms with Crippen molar-refractivity contribution < 1.29 is 22.3 Å². The Morgan fingerprint density at radius 2 is 2.04 bits per heavy atom. The van der Waals surface area contributed by atoms with Gasteiger partial charge in [0.05, 0.1) is 10.6 Å². The molecular formula is C17H21F2N3O3S. The van der Waals surface area contributed by atoms with Crippen LogP contribution in [-0.2, 0) is 16.9 Å². The Kier molecular flexibility index (Phi) is 5.29. The Labute approximate surface area is 151 Å². The number of hydrogen-bond acceptors (Lipinski definition) is 5. The fourth-order valence-electron chi connectivity index (χ4n) is 3.41. The summed E-state index contributed by atoms with van der Waals surface area (Å²) in [7, 11) is -2.91. The van der Waals surface area contributed by atoms with Crippen LogP contribution in [0.5, 0.6) is 0 Å². The number of nitrogens with zero attached hydrogens (tertiary/aromatic N) is 3. The lowest BCUT2D eigenvalue weighted by Crippen LogP contribution is -2.39. The number of para-hydroxylation sites is 1. The minimum absolute atomic E-state index is 0.174. The average molecular weight is 385 g/mol. The zero-order valence-corrected chi connectivity index (χ0v) is 15.1. The molecule has 0 spiro atoms. The van der Waals surface area contributed by atoms with Crippen molar-refractivity contribution in [3.8, 4) is 0 Å². The number of hydrogen-bond donors (Lipinski definition) is 1. The lowest BCUT2D eigenvalue weighted by atomic mass is 9.91. The van der Waals surface area contributed by atoms with E-state index in [9.17, 15) is 22.3 Å². The van der Waals surface area contributed by atoms with Gasteiger partial charge in [-0.1, -0.05) is 12.1 Å². The van der Waals surface area contributed by atoms with Crippen molar-refractivity contribution >= 4 is 15.5 Å². The first-order valence-corrected chi connectivity index (χ1v) is 9.88. The van der Waals surface area contributed by atoms with Gasteiger partial charge in [-0.2, -0.15) is 8.78 Å². The minimum atomic E-state index is -4.70. The van der Waals surface area contributed by atoms with Gasteiger partial charge in [0.1, 0.15) is 11.9 Å². The van der Waals surface area contributed by atoms with Crippen molar-refractivity contribution in [3.63, 3.8) is 0 Å². The average Bonchev–Trinajstić information content (AvgIpc) is 3.07. The molecule has 1 N–H and O–H groups in total. The molecule has 0 aliphatic carbocycles. The fraction of sp³-hybridized carbons (Fsp3) is 0.471. The molecule has 1 aliphatic rings. The summed E-state index contributed by atoms with van der Waals surface area (Å²) in [6, 6.07) is 5.79. The first-order valence-electron chi connectivity index (χ1n) is 8.33. The number of aliphatic hydroxyl groups is 1. The molecular weight excluding hydrogens is 364 g/mol. The summed E-state index contributed by atoms with van der Waals surface area (Å²) in [5, 5.41) is 10.6. The highest BCUT2D eigenvalue weighted by Crippen LogP contribution is 2.35. The highest BCUT2D eigenvalue weighted by molar-refractivity contribution is 7.91. The van der Waals surface area contributed by atoms with Crippen LogP contribution in [0, 0.1) is 5.92 Å². The largest absolute Gasteiger partial charge is 0.385 e. The maximum absolute atomic E-state index is 13.0. The van der Waals surface area contributed by atoms with E-state index in [1.807, 2.05) is 0 Å². The van der Waals surface area contributed by atoms with Crippen molar-refractivity contribution in [1.29, 1.82) is 0 Å². The fourth-order valence-corrected chi connectivity index (χ4v) is 4.36. The molecule has 0 radical (unpaired) electrons. The van der Waals surface area contributed by atoms with Crippen molar-refractivity contribution in [2.75, 3.05) is 18.0 Å². The van der Waals surface area contributed by atoms with Crippen LogP contribution < -0.4 is 4.90 Å². The number of aryl methyl sites for hydroxylation is 1. The molecule has 1 fully saturated rings. The Bertz CT molecular complexity index is 870. The van der Waals surface area contributed by atoms with Gasteiger partial charge in [0, 0.05) is 38.4 Å². The zero-order chi connectivity index (χ0) is 18.9. The van der Waals surface area contributed by atoms with Gasteiger partial charge in [-0.05, 0) is 25.0 Å². The predicted octanol–water partition coefficient (Wildman–Crippen LogP) is 2.37. The second-order valence-corrected chi connectivity index (χ2v) is 8.35. The summed E-state index contributed by atoms with van der Waals surface area (Å²) in [6.07, 6.45) is 3.99. The Balaban J connectivity index is 1.88. The molecule has 1 aromatic carbocycles. The Morgan fingerprint density at radius 3 is 2.69 bits per heavy atom. The molecule has 1 saturated heterocycles. The van der Waals surface area contributed by atoms with E-state index < -0.39 is 21.7 Å². The Hall–Kier alpha value is -2.00. The number of halogens is 2. The summed E-state index contributed by atoms with van der Waals surface area (Å²) in [4.78, 5) is 5.55. The molecule has 9 heteroatoms. The highest BCUT2D eigenvalue weighted by atomic mass is 32.2. The normalized spacial score (nSPS) is 19.7. The second-order valence-electron chi connectivity index (χ2n) is 6.46. The van der Waals surface area contributed by atoms with Gasteiger partial charge in [0.15, 0.2) is 0 Å². The van der Waals surface area contributed by atoms with Crippen LogP contribution in [0.1, 0.15) is 24.8 Å². The summed E-state index contributed by atoms with van der Waals surface area (Å²) in [5.41, 5.74) is 0.254. The van der Waals surface area contributed by atoms with Gasteiger partial charge in [-0.3, -0.25) is 0 Å². The molecule has 0 saturated carbocycles. The number of anilines is 1. The Morgan fingerprint density at radius 1 is 1.31 bits per heavy atom. The van der Waals surface area contributed by atoms with Gasteiger partial charge in [0.2, 0.25) is 9.84 Å². The van der Waals surface area contributed by atoms with Crippen molar-refractivity contribution in [2.24, 2.45) is 13.0 Å². The highest BCUT2D eigenvalue weighted by Gasteiger charge is 2.34. The molecule has 1 aliphatic heterocycles.